The molecule has 6 nitrogen and oxygen atoms in total. The first-order chi connectivity index (χ1) is 9.29. The number of hydrogen-bond donors (Lipinski definition) is 0. The number of nitrogens with zero attached hydrogens (tertiary/aromatic N) is 1. The van der Waals surface area contributed by atoms with Gasteiger partial charge in [-0.1, -0.05) is 27.7 Å². The van der Waals surface area contributed by atoms with Crippen molar-refractivity contribution in [3.8, 4) is 0 Å². The number of carbonyl (C=O) groups excluding carboxylic acids is 3. The fourth-order valence-corrected chi connectivity index (χ4v) is 2.23. The van der Waals surface area contributed by atoms with Gasteiger partial charge < -0.3 is 9.47 Å². The van der Waals surface area contributed by atoms with Crippen LogP contribution in [0.25, 0.3) is 0 Å². The fourth-order valence-electron chi connectivity index (χ4n) is 2.23. The molecule has 0 radical (unpaired) electrons. The summed E-state index contributed by atoms with van der Waals surface area (Å²) in [6.45, 7) is 7.76. The molecule has 0 bridgehead atoms. The molecule has 0 aromatic carbocycles. The van der Waals surface area contributed by atoms with Crippen molar-refractivity contribution in [3.63, 3.8) is 0 Å². The third kappa shape index (κ3) is 3.49. The number of ether oxygens (including phenoxy) is 2. The van der Waals surface area contributed by atoms with Crippen LogP contribution in [0.5, 0.6) is 0 Å². The van der Waals surface area contributed by atoms with Gasteiger partial charge in [-0.3, -0.25) is 9.59 Å². The standard InChI is InChI=1S/C14H23NO5/c1-8(2)10(6-12(16)19-5)13(17)15-11(9(3)4)7-20-14(15)18/h8-11H,6-7H2,1-5H3/t10-,11+/m0/s1. The fraction of sp³-hybridized carbons (Fsp3) is 0.786. The van der Waals surface area contributed by atoms with Crippen molar-refractivity contribution < 1.29 is 23.9 Å². The second-order valence-corrected chi connectivity index (χ2v) is 5.73. The second-order valence-electron chi connectivity index (χ2n) is 5.73. The highest BCUT2D eigenvalue weighted by Gasteiger charge is 2.43. The van der Waals surface area contributed by atoms with E-state index in [4.69, 9.17) is 4.74 Å². The number of esters is 1. The summed E-state index contributed by atoms with van der Waals surface area (Å²) >= 11 is 0. The first-order valence-electron chi connectivity index (χ1n) is 6.86. The Balaban J connectivity index is 2.92. The number of methoxy groups -OCH3 is 1. The number of imide groups is 1. The largest absolute Gasteiger partial charge is 0.469 e. The molecule has 0 N–H and O–H groups in total. The molecule has 114 valence electrons. The molecular weight excluding hydrogens is 262 g/mol. The molecule has 0 aliphatic carbocycles. The molecule has 1 rings (SSSR count). The zero-order valence-corrected chi connectivity index (χ0v) is 12.7. The van der Waals surface area contributed by atoms with Crippen LogP contribution in [0.1, 0.15) is 34.1 Å². The van der Waals surface area contributed by atoms with Crippen molar-refractivity contribution in [2.75, 3.05) is 13.7 Å². The van der Waals surface area contributed by atoms with Crippen LogP contribution < -0.4 is 0 Å². The molecule has 2 atom stereocenters. The highest BCUT2D eigenvalue weighted by atomic mass is 16.6. The Morgan fingerprint density at radius 3 is 2.40 bits per heavy atom. The third-order valence-electron chi connectivity index (χ3n) is 3.65. The first kappa shape index (κ1) is 16.5. The summed E-state index contributed by atoms with van der Waals surface area (Å²) in [6.07, 6.45) is -0.647. The number of carbonyl (C=O) groups is 3. The van der Waals surface area contributed by atoms with E-state index in [-0.39, 0.29) is 36.8 Å². The molecule has 0 aromatic rings. The van der Waals surface area contributed by atoms with Crippen LogP contribution in [0, 0.1) is 17.8 Å². The zero-order valence-electron chi connectivity index (χ0n) is 12.7. The van der Waals surface area contributed by atoms with E-state index in [9.17, 15) is 14.4 Å². The number of amides is 2. The van der Waals surface area contributed by atoms with Crippen molar-refractivity contribution >= 4 is 18.0 Å². The van der Waals surface area contributed by atoms with E-state index in [1.807, 2.05) is 27.7 Å². The Morgan fingerprint density at radius 1 is 1.35 bits per heavy atom. The van der Waals surface area contributed by atoms with E-state index in [2.05, 4.69) is 4.74 Å². The summed E-state index contributed by atoms with van der Waals surface area (Å²) in [7, 11) is 1.28. The summed E-state index contributed by atoms with van der Waals surface area (Å²) in [4.78, 5) is 37.0. The predicted molar refractivity (Wildman–Crippen MR) is 71.8 cm³/mol. The average molecular weight is 285 g/mol. The molecular formula is C14H23NO5. The van der Waals surface area contributed by atoms with Gasteiger partial charge in [0.2, 0.25) is 5.91 Å². The molecule has 1 saturated heterocycles. The maximum atomic E-state index is 12.6. The van der Waals surface area contributed by atoms with E-state index >= 15 is 0 Å². The molecule has 1 heterocycles. The number of rotatable bonds is 5. The van der Waals surface area contributed by atoms with Gasteiger partial charge in [-0.05, 0) is 11.8 Å². The van der Waals surface area contributed by atoms with Crippen molar-refractivity contribution in [1.82, 2.24) is 4.90 Å². The lowest BCUT2D eigenvalue weighted by Gasteiger charge is -2.28. The molecule has 6 heteroatoms. The lowest BCUT2D eigenvalue weighted by molar-refractivity contribution is -0.147. The molecule has 2 amide bonds. The van der Waals surface area contributed by atoms with Gasteiger partial charge >= 0.3 is 12.1 Å². The maximum absolute atomic E-state index is 12.6. The monoisotopic (exact) mass is 285 g/mol. The van der Waals surface area contributed by atoms with Crippen molar-refractivity contribution in [1.29, 1.82) is 0 Å². The van der Waals surface area contributed by atoms with E-state index in [1.165, 1.54) is 7.11 Å². The van der Waals surface area contributed by atoms with E-state index in [0.717, 1.165) is 4.90 Å². The zero-order chi connectivity index (χ0) is 15.4. The van der Waals surface area contributed by atoms with Crippen molar-refractivity contribution in [2.24, 2.45) is 17.8 Å². The average Bonchev–Trinajstić information content (AvgIpc) is 2.76. The first-order valence-corrected chi connectivity index (χ1v) is 6.86. The minimum atomic E-state index is -0.621. The molecule has 0 spiro atoms. The van der Waals surface area contributed by atoms with Crippen LogP contribution in [0.2, 0.25) is 0 Å². The van der Waals surface area contributed by atoms with Gasteiger partial charge in [0.25, 0.3) is 0 Å². The summed E-state index contributed by atoms with van der Waals surface area (Å²) in [6, 6.07) is -0.270. The Labute approximate surface area is 119 Å². The van der Waals surface area contributed by atoms with Crippen molar-refractivity contribution in [2.45, 2.75) is 40.2 Å². The molecule has 0 saturated carbocycles. The minimum absolute atomic E-state index is 0.0262. The SMILES string of the molecule is COC(=O)C[C@H](C(=O)N1C(=O)OC[C@@H]1C(C)C)C(C)C. The summed E-state index contributed by atoms with van der Waals surface area (Å²) in [5.41, 5.74) is 0. The Hall–Kier alpha value is -1.59. The normalized spacial score (nSPS) is 20.2. The van der Waals surface area contributed by atoms with Crippen LogP contribution >= 0.6 is 0 Å². The topological polar surface area (TPSA) is 72.9 Å². The van der Waals surface area contributed by atoms with Crippen LogP contribution in [-0.4, -0.2) is 42.6 Å². The maximum Gasteiger partial charge on any atom is 0.416 e. The summed E-state index contributed by atoms with van der Waals surface area (Å²) in [5, 5.41) is 0. The molecule has 0 aromatic heterocycles. The Kier molecular flexibility index (Phi) is 5.53. The van der Waals surface area contributed by atoms with Gasteiger partial charge in [0.1, 0.15) is 6.61 Å². The Morgan fingerprint density at radius 2 is 1.95 bits per heavy atom. The van der Waals surface area contributed by atoms with Gasteiger partial charge in [-0.15, -0.1) is 0 Å². The van der Waals surface area contributed by atoms with Crippen LogP contribution in [0.4, 0.5) is 4.79 Å². The van der Waals surface area contributed by atoms with Gasteiger partial charge in [-0.2, -0.15) is 0 Å². The second kappa shape index (κ2) is 6.72. The van der Waals surface area contributed by atoms with E-state index < -0.39 is 18.0 Å². The molecule has 0 unspecified atom stereocenters. The highest BCUT2D eigenvalue weighted by Crippen LogP contribution is 2.26. The van der Waals surface area contributed by atoms with Gasteiger partial charge in [0.15, 0.2) is 0 Å². The number of cyclic esters (lactones) is 1. The highest BCUT2D eigenvalue weighted by molar-refractivity contribution is 5.96. The molecule has 1 aliphatic heterocycles. The molecule has 1 aliphatic rings. The van der Waals surface area contributed by atoms with Gasteiger partial charge in [-0.25, -0.2) is 9.69 Å². The van der Waals surface area contributed by atoms with Crippen molar-refractivity contribution in [3.05, 3.63) is 0 Å². The van der Waals surface area contributed by atoms with Crippen LogP contribution in [0.3, 0.4) is 0 Å². The Bertz CT molecular complexity index is 391. The van der Waals surface area contributed by atoms with Crippen LogP contribution in [0.15, 0.2) is 0 Å². The van der Waals surface area contributed by atoms with Gasteiger partial charge in [0, 0.05) is 0 Å². The summed E-state index contributed by atoms with van der Waals surface area (Å²) in [5.74, 6) is -1.34. The number of hydrogen-bond acceptors (Lipinski definition) is 5. The quantitative estimate of drug-likeness (QED) is 0.720. The molecule has 1 fully saturated rings. The molecule has 20 heavy (non-hydrogen) atoms. The minimum Gasteiger partial charge on any atom is -0.469 e. The lowest BCUT2D eigenvalue weighted by atomic mass is 9.90. The van der Waals surface area contributed by atoms with Crippen LogP contribution in [-0.2, 0) is 19.1 Å². The lowest BCUT2D eigenvalue weighted by Crippen LogP contribution is -2.46. The van der Waals surface area contributed by atoms with Gasteiger partial charge in [0.05, 0.1) is 25.5 Å². The third-order valence-corrected chi connectivity index (χ3v) is 3.65. The van der Waals surface area contributed by atoms with E-state index in [1.54, 1.807) is 0 Å². The summed E-state index contributed by atoms with van der Waals surface area (Å²) < 4.78 is 9.59. The smallest absolute Gasteiger partial charge is 0.416 e. The van der Waals surface area contributed by atoms with E-state index in [0.29, 0.717) is 0 Å². The predicted octanol–water partition coefficient (Wildman–Crippen LogP) is 1.83.